The van der Waals surface area contributed by atoms with E-state index in [1.54, 1.807) is 6.08 Å². The number of benzene rings is 2. The minimum absolute atomic E-state index is 0.0207. The molecule has 0 aromatic heterocycles. The van der Waals surface area contributed by atoms with Crippen molar-refractivity contribution in [2.45, 2.75) is 142 Å². The van der Waals surface area contributed by atoms with Crippen molar-refractivity contribution in [3.63, 3.8) is 0 Å². The molecule has 54 heavy (non-hydrogen) atoms. The Bertz CT molecular complexity index is 1460. The first-order valence-corrected chi connectivity index (χ1v) is 19.8. The molecule has 2 aromatic rings. The zero-order valence-electron chi connectivity index (χ0n) is 32.8. The van der Waals surface area contributed by atoms with E-state index in [-0.39, 0.29) is 55.2 Å². The second kappa shape index (κ2) is 19.0. The predicted molar refractivity (Wildman–Crippen MR) is 200 cm³/mol. The van der Waals surface area contributed by atoms with Crippen molar-refractivity contribution >= 4 is 5.97 Å². The Morgan fingerprint density at radius 3 is 2.02 bits per heavy atom. The Labute approximate surface area is 320 Å². The number of esters is 1. The Morgan fingerprint density at radius 2 is 1.35 bits per heavy atom. The summed E-state index contributed by atoms with van der Waals surface area (Å²) in [6.45, 7) is 18.8. The number of fused-ring (bicyclic) bond motifs is 1. The van der Waals surface area contributed by atoms with Crippen LogP contribution in [0.5, 0.6) is 0 Å². The van der Waals surface area contributed by atoms with Crippen LogP contribution in [0.1, 0.15) is 78.7 Å². The van der Waals surface area contributed by atoms with Crippen molar-refractivity contribution in [2.24, 2.45) is 23.7 Å². The lowest BCUT2D eigenvalue weighted by molar-refractivity contribution is -0.404. The van der Waals surface area contributed by atoms with Crippen LogP contribution in [0.25, 0.3) is 0 Å². The Kier molecular flexibility index (Phi) is 14.4. The van der Waals surface area contributed by atoms with Gasteiger partial charge in [-0.05, 0) is 30.2 Å². The molecule has 298 valence electrons. The lowest BCUT2D eigenvalue weighted by Gasteiger charge is -2.53. The number of hydrogen-bond donors (Lipinski definition) is 0. The predicted octanol–water partition coefficient (Wildman–Crippen LogP) is 7.13. The molecule has 0 saturated carbocycles. The van der Waals surface area contributed by atoms with Gasteiger partial charge < -0.3 is 47.4 Å². The minimum atomic E-state index is -0.905. The number of carbonyl (C=O) groups excluding carboxylic acids is 1. The summed E-state index contributed by atoms with van der Waals surface area (Å²) in [6.07, 6.45) is -3.89. The molecule has 4 aliphatic heterocycles. The first-order chi connectivity index (χ1) is 26.1. The third-order valence-electron chi connectivity index (χ3n) is 11.7. The maximum absolute atomic E-state index is 12.5. The molecule has 4 saturated heterocycles. The minimum Gasteiger partial charge on any atom is -0.457 e. The Hall–Kier alpha value is -2.71. The van der Waals surface area contributed by atoms with Crippen LogP contribution in [0.15, 0.2) is 73.3 Å². The summed E-state index contributed by atoms with van der Waals surface area (Å²) in [5.41, 5.74) is 1.85. The van der Waals surface area contributed by atoms with Gasteiger partial charge in [-0.1, -0.05) is 108 Å². The van der Waals surface area contributed by atoms with Crippen LogP contribution >= 0.6 is 0 Å². The molecular weight excluding hydrogens is 692 g/mol. The fourth-order valence-electron chi connectivity index (χ4n) is 8.19. The monoisotopic (exact) mass is 752 g/mol. The molecule has 4 aliphatic rings. The van der Waals surface area contributed by atoms with Crippen molar-refractivity contribution < 1.29 is 52.2 Å². The number of ether oxygens (including phenoxy) is 10. The summed E-state index contributed by atoms with van der Waals surface area (Å²) in [7, 11) is 0. The highest BCUT2D eigenvalue weighted by Gasteiger charge is 2.56. The number of carbonyl (C=O) groups is 1. The van der Waals surface area contributed by atoms with E-state index in [2.05, 4.69) is 48.1 Å². The second-order valence-corrected chi connectivity index (χ2v) is 15.2. The van der Waals surface area contributed by atoms with Gasteiger partial charge in [-0.3, -0.25) is 4.79 Å². The molecule has 16 atom stereocenters. The van der Waals surface area contributed by atoms with Crippen LogP contribution in [-0.4, -0.2) is 86.9 Å². The molecular formula is C43H60O11. The zero-order chi connectivity index (χ0) is 38.4. The van der Waals surface area contributed by atoms with Crippen molar-refractivity contribution in [3.8, 4) is 0 Å². The lowest BCUT2D eigenvalue weighted by Crippen LogP contribution is -2.66. The van der Waals surface area contributed by atoms with Gasteiger partial charge in [-0.25, -0.2) is 0 Å². The Morgan fingerprint density at radius 1 is 0.722 bits per heavy atom. The molecule has 11 nitrogen and oxygen atoms in total. The molecule has 0 N–H and O–H groups in total. The van der Waals surface area contributed by atoms with Crippen LogP contribution < -0.4 is 0 Å². The quantitative estimate of drug-likeness (QED) is 0.145. The number of hydrogen-bond acceptors (Lipinski definition) is 11. The third kappa shape index (κ3) is 9.28. The van der Waals surface area contributed by atoms with E-state index >= 15 is 0 Å². The summed E-state index contributed by atoms with van der Waals surface area (Å²) in [5, 5.41) is 0. The molecule has 0 amide bonds. The molecule has 0 spiro atoms. The first kappa shape index (κ1) is 40.9. The lowest BCUT2D eigenvalue weighted by atomic mass is 9.82. The summed E-state index contributed by atoms with van der Waals surface area (Å²) in [6, 6.07) is 19.8. The first-order valence-electron chi connectivity index (χ1n) is 19.8. The van der Waals surface area contributed by atoms with E-state index in [4.69, 9.17) is 47.4 Å². The van der Waals surface area contributed by atoms with Crippen LogP contribution in [0.4, 0.5) is 0 Å². The van der Waals surface area contributed by atoms with Gasteiger partial charge in [0.15, 0.2) is 31.3 Å². The van der Waals surface area contributed by atoms with Gasteiger partial charge in [0.2, 0.25) is 0 Å². The summed E-state index contributed by atoms with van der Waals surface area (Å²) in [4.78, 5) is 12.5. The molecule has 0 radical (unpaired) electrons. The van der Waals surface area contributed by atoms with Crippen LogP contribution in [0, 0.1) is 23.7 Å². The van der Waals surface area contributed by atoms with Gasteiger partial charge in [-0.15, -0.1) is 6.58 Å². The van der Waals surface area contributed by atoms with Crippen molar-refractivity contribution in [1.29, 1.82) is 0 Å². The third-order valence-corrected chi connectivity index (χ3v) is 11.7. The maximum Gasteiger partial charge on any atom is 0.303 e. The van der Waals surface area contributed by atoms with E-state index in [9.17, 15) is 4.79 Å². The van der Waals surface area contributed by atoms with Crippen LogP contribution in [-0.2, 0) is 58.8 Å². The van der Waals surface area contributed by atoms with Crippen molar-refractivity contribution in [2.75, 3.05) is 13.2 Å². The topological polar surface area (TPSA) is 109 Å². The van der Waals surface area contributed by atoms with E-state index in [1.807, 2.05) is 60.7 Å². The maximum atomic E-state index is 12.5. The summed E-state index contributed by atoms with van der Waals surface area (Å²) in [5.74, 6) is -0.253. The largest absolute Gasteiger partial charge is 0.457 e. The molecule has 4 heterocycles. The normalized spacial score (nSPS) is 39.7. The number of rotatable bonds is 14. The van der Waals surface area contributed by atoms with E-state index in [1.165, 1.54) is 6.92 Å². The molecule has 0 bridgehead atoms. The smallest absolute Gasteiger partial charge is 0.303 e. The molecule has 4 fully saturated rings. The Balaban J connectivity index is 1.37. The highest BCUT2D eigenvalue weighted by molar-refractivity contribution is 5.66. The fraction of sp³-hybridized carbons (Fsp3) is 0.651. The van der Waals surface area contributed by atoms with E-state index < -0.39 is 61.6 Å². The molecule has 0 aliphatic carbocycles. The molecule has 6 rings (SSSR count). The average molecular weight is 753 g/mol. The van der Waals surface area contributed by atoms with Crippen molar-refractivity contribution in [3.05, 3.63) is 84.4 Å². The van der Waals surface area contributed by atoms with Gasteiger partial charge in [-0.2, -0.15) is 0 Å². The van der Waals surface area contributed by atoms with Gasteiger partial charge in [0.05, 0.1) is 38.1 Å². The SMILES string of the molecule is C=CCO[C@@H]1OC(CC)[C@@H](O[C@@H]2OC3COC(c4ccccc4)O[C@H]3[C@H](O[C@H]3O[C@@H](CC)[C@@H](C)C(C)C3OC(C)=O)C2OCc2ccccc2)[C@H](C)C1C. The zero-order valence-corrected chi connectivity index (χ0v) is 32.8. The van der Waals surface area contributed by atoms with Gasteiger partial charge in [0.25, 0.3) is 0 Å². The molecule has 2 aromatic carbocycles. The van der Waals surface area contributed by atoms with Crippen LogP contribution in [0.3, 0.4) is 0 Å². The highest BCUT2D eigenvalue weighted by atomic mass is 16.8. The second-order valence-electron chi connectivity index (χ2n) is 15.2. The van der Waals surface area contributed by atoms with Gasteiger partial charge >= 0.3 is 5.97 Å². The van der Waals surface area contributed by atoms with Gasteiger partial charge in [0.1, 0.15) is 24.4 Å². The highest BCUT2D eigenvalue weighted by Crippen LogP contribution is 2.43. The van der Waals surface area contributed by atoms with Crippen molar-refractivity contribution in [1.82, 2.24) is 0 Å². The fourth-order valence-corrected chi connectivity index (χ4v) is 8.19. The molecule has 11 heteroatoms. The van der Waals surface area contributed by atoms with Gasteiger partial charge in [0, 0.05) is 24.3 Å². The van der Waals surface area contributed by atoms with E-state index in [0.717, 1.165) is 17.5 Å². The molecule has 7 unspecified atom stereocenters. The summed E-state index contributed by atoms with van der Waals surface area (Å²) < 4.78 is 66.1. The van der Waals surface area contributed by atoms with E-state index in [0.29, 0.717) is 13.0 Å². The van der Waals surface area contributed by atoms with Crippen LogP contribution in [0.2, 0.25) is 0 Å². The average Bonchev–Trinajstić information content (AvgIpc) is 3.19. The standard InChI is InChI=1S/C43H60O11/c1-9-22-45-40-28(7)27(6)35(33(11-3)50-40)52-43-39(46-23-30-18-14-12-15-19-30)38(37-34(51-43)24-47-41(53-37)31-20-16-13-17-21-31)54-42-36(48-29(8)44)26(5)25(4)32(10-2)49-42/h9,12-21,25-28,32-43H,1,10-11,22-24H2,2-8H3/t25-,26?,27+,28?,32-,33?,34?,35-,36?,37+,38-,39?,40+,41?,42+,43-/m0/s1. The summed E-state index contributed by atoms with van der Waals surface area (Å²) >= 11 is 0.